The molecule has 104 valence electrons. The molecule has 0 saturated heterocycles. The summed E-state index contributed by atoms with van der Waals surface area (Å²) in [5.74, 6) is 0.808. The van der Waals surface area contributed by atoms with E-state index in [1.165, 1.54) is 0 Å². The summed E-state index contributed by atoms with van der Waals surface area (Å²) >= 11 is 0. The maximum atomic E-state index is 4.26. The van der Waals surface area contributed by atoms with Crippen LogP contribution in [0.2, 0.25) is 0 Å². The maximum Gasteiger partial charge on any atom is 0.197 e. The minimum absolute atomic E-state index is 0.325. The summed E-state index contributed by atoms with van der Waals surface area (Å²) in [4.78, 5) is 4.26. The highest BCUT2D eigenvalue weighted by Crippen LogP contribution is 2.27. The van der Waals surface area contributed by atoms with E-state index < -0.39 is 0 Å². The first kappa shape index (κ1) is 13.9. The molecule has 0 radical (unpaired) electrons. The molecule has 1 N–H and O–H groups in total. The highest BCUT2D eigenvalue weighted by Gasteiger charge is 2.25. The lowest BCUT2D eigenvalue weighted by Gasteiger charge is -2.28. The van der Waals surface area contributed by atoms with Crippen molar-refractivity contribution in [1.82, 2.24) is 30.3 Å². The van der Waals surface area contributed by atoms with Gasteiger partial charge in [-0.1, -0.05) is 20.8 Å². The van der Waals surface area contributed by atoms with E-state index in [0.717, 1.165) is 18.7 Å². The third-order valence-corrected chi connectivity index (χ3v) is 3.45. The maximum absolute atomic E-state index is 4.26. The van der Waals surface area contributed by atoms with Crippen LogP contribution < -0.4 is 5.32 Å². The molecule has 2 atom stereocenters. The summed E-state index contributed by atoms with van der Waals surface area (Å²) in [6.07, 6.45) is 4.69. The number of tetrazole rings is 1. The lowest BCUT2D eigenvalue weighted by molar-refractivity contribution is 0.364. The van der Waals surface area contributed by atoms with Crippen LogP contribution in [0.25, 0.3) is 5.65 Å². The van der Waals surface area contributed by atoms with Gasteiger partial charge in [-0.15, -0.1) is 5.10 Å². The molecule has 19 heavy (non-hydrogen) atoms. The van der Waals surface area contributed by atoms with Crippen LogP contribution in [0.4, 0.5) is 0 Å². The molecule has 0 saturated carbocycles. The van der Waals surface area contributed by atoms with Crippen LogP contribution in [0.1, 0.15) is 45.7 Å². The number of hydrogen-bond donors (Lipinski definition) is 1. The highest BCUT2D eigenvalue weighted by atomic mass is 15.5. The van der Waals surface area contributed by atoms with E-state index in [1.807, 2.05) is 6.20 Å². The highest BCUT2D eigenvalue weighted by molar-refractivity contribution is 5.33. The summed E-state index contributed by atoms with van der Waals surface area (Å²) in [6.45, 7) is 9.84. The Bertz CT molecular complexity index is 521. The first-order valence-electron chi connectivity index (χ1n) is 6.90. The monoisotopic (exact) mass is 262 g/mol. The molecule has 0 fully saturated rings. The van der Waals surface area contributed by atoms with E-state index in [9.17, 15) is 0 Å². The Morgan fingerprint density at radius 2 is 2.05 bits per heavy atom. The fraction of sp³-hybridized carbons (Fsp3) is 0.692. The van der Waals surface area contributed by atoms with Crippen LogP contribution in [0.15, 0.2) is 12.4 Å². The minimum atomic E-state index is 0.325. The fourth-order valence-electron chi connectivity index (χ4n) is 2.59. The summed E-state index contributed by atoms with van der Waals surface area (Å²) in [5, 5.41) is 15.3. The van der Waals surface area contributed by atoms with Crippen LogP contribution in [0.5, 0.6) is 0 Å². The van der Waals surface area contributed by atoms with Crippen molar-refractivity contribution in [3.63, 3.8) is 0 Å². The Balaban J connectivity index is 2.35. The van der Waals surface area contributed by atoms with Crippen molar-refractivity contribution in [2.45, 2.75) is 46.1 Å². The molecular formula is C13H22N6. The van der Waals surface area contributed by atoms with E-state index in [1.54, 1.807) is 10.7 Å². The Morgan fingerprint density at radius 3 is 2.74 bits per heavy atom. The quantitative estimate of drug-likeness (QED) is 0.857. The molecule has 6 heteroatoms. The minimum Gasteiger partial charge on any atom is -0.314 e. The van der Waals surface area contributed by atoms with Crippen LogP contribution in [-0.4, -0.2) is 37.6 Å². The molecule has 2 rings (SSSR count). The number of nitrogens with one attached hydrogen (secondary N) is 1. The molecular weight excluding hydrogens is 240 g/mol. The number of nitrogens with zero attached hydrogens (tertiary/aromatic N) is 5. The van der Waals surface area contributed by atoms with E-state index in [0.29, 0.717) is 23.5 Å². The first-order valence-corrected chi connectivity index (χ1v) is 6.90. The molecule has 0 spiro atoms. The zero-order valence-corrected chi connectivity index (χ0v) is 12.0. The van der Waals surface area contributed by atoms with Crippen molar-refractivity contribution in [3.8, 4) is 0 Å². The topological polar surface area (TPSA) is 68.0 Å². The summed E-state index contributed by atoms with van der Waals surface area (Å²) in [5.41, 5.74) is 1.76. The molecule has 0 aliphatic carbocycles. The van der Waals surface area contributed by atoms with E-state index in [-0.39, 0.29) is 0 Å². The van der Waals surface area contributed by atoms with Crippen LogP contribution >= 0.6 is 0 Å². The standard InChI is InChI=1S/C13H22N6/c1-5-6-15-10(4)13(9(2)3)11-7-14-8-12-16-17-18-19(11)12/h7-10,13,15H,5-6H2,1-4H3. The van der Waals surface area contributed by atoms with Crippen LogP contribution in [-0.2, 0) is 0 Å². The molecule has 0 amide bonds. The van der Waals surface area contributed by atoms with Gasteiger partial charge in [-0.3, -0.25) is 4.98 Å². The molecule has 0 aliphatic rings. The van der Waals surface area contributed by atoms with Gasteiger partial charge < -0.3 is 5.32 Å². The van der Waals surface area contributed by atoms with Gasteiger partial charge in [0.25, 0.3) is 0 Å². The van der Waals surface area contributed by atoms with Crippen molar-refractivity contribution in [2.75, 3.05) is 6.54 Å². The number of aromatic nitrogens is 5. The average Bonchev–Trinajstić information content (AvgIpc) is 2.85. The van der Waals surface area contributed by atoms with Gasteiger partial charge in [-0.05, 0) is 36.2 Å². The first-order chi connectivity index (χ1) is 9.15. The molecule has 6 nitrogen and oxygen atoms in total. The zero-order valence-electron chi connectivity index (χ0n) is 12.0. The lowest BCUT2D eigenvalue weighted by atomic mass is 9.86. The third-order valence-electron chi connectivity index (χ3n) is 3.45. The smallest absolute Gasteiger partial charge is 0.197 e. The fourth-order valence-corrected chi connectivity index (χ4v) is 2.59. The van der Waals surface area contributed by atoms with Crippen LogP contribution in [0, 0.1) is 5.92 Å². The Kier molecular flexibility index (Phi) is 4.42. The summed E-state index contributed by atoms with van der Waals surface area (Å²) in [6, 6.07) is 0.358. The molecule has 0 bridgehead atoms. The van der Waals surface area contributed by atoms with E-state index >= 15 is 0 Å². The normalized spacial score (nSPS) is 15.0. The molecule has 0 aromatic carbocycles. The van der Waals surface area contributed by atoms with Gasteiger partial charge in [-0.2, -0.15) is 4.52 Å². The molecule has 2 aromatic heterocycles. The molecule has 2 unspecified atom stereocenters. The van der Waals surface area contributed by atoms with E-state index in [4.69, 9.17) is 0 Å². The van der Waals surface area contributed by atoms with Gasteiger partial charge in [0, 0.05) is 18.2 Å². The van der Waals surface area contributed by atoms with Crippen molar-refractivity contribution in [2.24, 2.45) is 5.92 Å². The third kappa shape index (κ3) is 2.89. The number of hydrogen-bond acceptors (Lipinski definition) is 5. The van der Waals surface area contributed by atoms with Gasteiger partial charge in [0.05, 0.1) is 11.9 Å². The van der Waals surface area contributed by atoms with Crippen molar-refractivity contribution in [3.05, 3.63) is 18.1 Å². The second-order valence-electron chi connectivity index (χ2n) is 5.29. The summed E-state index contributed by atoms with van der Waals surface area (Å²) < 4.78 is 1.79. The SMILES string of the molecule is CCCNC(C)C(c1cncc2nnnn12)C(C)C. The predicted octanol–water partition coefficient (Wildman–Crippen LogP) is 1.65. The number of fused-ring (bicyclic) bond motifs is 1. The van der Waals surface area contributed by atoms with Gasteiger partial charge in [0.1, 0.15) is 0 Å². The summed E-state index contributed by atoms with van der Waals surface area (Å²) in [7, 11) is 0. The van der Waals surface area contributed by atoms with Gasteiger partial charge in [0.2, 0.25) is 0 Å². The van der Waals surface area contributed by atoms with Gasteiger partial charge >= 0.3 is 0 Å². The predicted molar refractivity (Wildman–Crippen MR) is 73.9 cm³/mol. The lowest BCUT2D eigenvalue weighted by Crippen LogP contribution is -2.36. The average molecular weight is 262 g/mol. The second-order valence-corrected chi connectivity index (χ2v) is 5.29. The van der Waals surface area contributed by atoms with Crippen molar-refractivity contribution >= 4 is 5.65 Å². The second kappa shape index (κ2) is 6.06. The zero-order chi connectivity index (χ0) is 13.8. The van der Waals surface area contributed by atoms with Gasteiger partial charge in [-0.25, -0.2) is 0 Å². The van der Waals surface area contributed by atoms with Crippen LogP contribution in [0.3, 0.4) is 0 Å². The molecule has 2 heterocycles. The van der Waals surface area contributed by atoms with E-state index in [2.05, 4.69) is 53.5 Å². The molecule has 0 aliphatic heterocycles. The Morgan fingerprint density at radius 1 is 1.26 bits per heavy atom. The Hall–Kier alpha value is -1.56. The largest absolute Gasteiger partial charge is 0.314 e. The van der Waals surface area contributed by atoms with Gasteiger partial charge in [0.15, 0.2) is 5.65 Å². The number of rotatable bonds is 6. The van der Waals surface area contributed by atoms with Crippen molar-refractivity contribution in [1.29, 1.82) is 0 Å². The Labute approximate surface area is 113 Å². The molecule has 2 aromatic rings. The van der Waals surface area contributed by atoms with Crippen molar-refractivity contribution < 1.29 is 0 Å².